The number of hydrogen-bond acceptors (Lipinski definition) is 3. The first kappa shape index (κ1) is 12.1. The van der Waals surface area contributed by atoms with Crippen molar-refractivity contribution in [3.63, 3.8) is 0 Å². The van der Waals surface area contributed by atoms with Crippen LogP contribution in [0.15, 0.2) is 30.3 Å². The van der Waals surface area contributed by atoms with Crippen LogP contribution in [0.1, 0.15) is 30.1 Å². The first-order valence-electron chi connectivity index (χ1n) is 6.76. The number of rotatable bonds is 4. The van der Waals surface area contributed by atoms with Crippen LogP contribution in [0.5, 0.6) is 0 Å². The molecule has 0 bridgehead atoms. The highest BCUT2D eigenvalue weighted by molar-refractivity contribution is 5.79. The first-order valence-corrected chi connectivity index (χ1v) is 6.76. The molecule has 0 aliphatic heterocycles. The minimum absolute atomic E-state index is 0.216. The van der Waals surface area contributed by atoms with Gasteiger partial charge in [-0.3, -0.25) is 10.3 Å². The largest absolute Gasteiger partial charge is 0.298 e. The molecular weight excluding hydrogens is 234 g/mol. The fourth-order valence-corrected chi connectivity index (χ4v) is 2.27. The first-order chi connectivity index (χ1) is 9.26. The zero-order valence-electron chi connectivity index (χ0n) is 11.1. The Hall–Kier alpha value is -1.92. The molecular formula is C16H17N3. The molecule has 1 unspecified atom stereocenters. The van der Waals surface area contributed by atoms with Gasteiger partial charge in [0.25, 0.3) is 0 Å². The van der Waals surface area contributed by atoms with Gasteiger partial charge < -0.3 is 0 Å². The van der Waals surface area contributed by atoms with Gasteiger partial charge in [0, 0.05) is 11.1 Å². The van der Waals surface area contributed by atoms with E-state index in [2.05, 4.69) is 28.5 Å². The molecule has 1 atom stereocenters. The van der Waals surface area contributed by atoms with Crippen molar-refractivity contribution in [2.45, 2.75) is 25.8 Å². The van der Waals surface area contributed by atoms with Crippen LogP contribution in [0.3, 0.4) is 0 Å². The van der Waals surface area contributed by atoms with Gasteiger partial charge in [-0.2, -0.15) is 5.26 Å². The molecule has 96 valence electrons. The van der Waals surface area contributed by atoms with Crippen LogP contribution >= 0.6 is 0 Å². The van der Waals surface area contributed by atoms with Crippen molar-refractivity contribution in [2.24, 2.45) is 5.92 Å². The van der Waals surface area contributed by atoms with E-state index in [1.165, 1.54) is 12.8 Å². The highest BCUT2D eigenvalue weighted by Crippen LogP contribution is 2.28. The summed E-state index contributed by atoms with van der Waals surface area (Å²) in [5.41, 5.74) is 3.04. The van der Waals surface area contributed by atoms with Crippen molar-refractivity contribution in [1.82, 2.24) is 10.3 Å². The Morgan fingerprint density at radius 3 is 2.95 bits per heavy atom. The lowest BCUT2D eigenvalue weighted by Gasteiger charge is -2.12. The zero-order valence-corrected chi connectivity index (χ0v) is 11.1. The Bertz CT molecular complexity index is 638. The SMILES string of the molecule is Cc1ccc2cc(C(C#N)NCC3CC3)ccc2n1. The summed E-state index contributed by atoms with van der Waals surface area (Å²) in [4.78, 5) is 4.48. The lowest BCUT2D eigenvalue weighted by molar-refractivity contribution is 0.593. The van der Waals surface area contributed by atoms with Gasteiger partial charge in [-0.25, -0.2) is 0 Å². The summed E-state index contributed by atoms with van der Waals surface area (Å²) >= 11 is 0. The third kappa shape index (κ3) is 2.74. The second-order valence-electron chi connectivity index (χ2n) is 5.32. The average Bonchev–Trinajstić information content (AvgIpc) is 3.23. The molecule has 0 radical (unpaired) electrons. The van der Waals surface area contributed by atoms with Gasteiger partial charge in [0.2, 0.25) is 0 Å². The highest BCUT2D eigenvalue weighted by Gasteiger charge is 2.22. The van der Waals surface area contributed by atoms with E-state index in [0.717, 1.165) is 34.6 Å². The predicted molar refractivity (Wildman–Crippen MR) is 75.6 cm³/mol. The van der Waals surface area contributed by atoms with Crippen LogP contribution in [0.2, 0.25) is 0 Å². The maximum Gasteiger partial charge on any atom is 0.121 e. The highest BCUT2D eigenvalue weighted by atomic mass is 14.9. The lowest BCUT2D eigenvalue weighted by atomic mass is 10.0. The van der Waals surface area contributed by atoms with Gasteiger partial charge >= 0.3 is 0 Å². The Balaban J connectivity index is 1.85. The Morgan fingerprint density at radius 2 is 2.21 bits per heavy atom. The van der Waals surface area contributed by atoms with Gasteiger partial charge in [0.1, 0.15) is 6.04 Å². The Morgan fingerprint density at radius 1 is 1.37 bits per heavy atom. The predicted octanol–water partition coefficient (Wildman–Crippen LogP) is 3.11. The average molecular weight is 251 g/mol. The number of fused-ring (bicyclic) bond motifs is 1. The van der Waals surface area contributed by atoms with Crippen LogP contribution in [0.4, 0.5) is 0 Å². The number of nitrogens with one attached hydrogen (secondary N) is 1. The molecule has 0 amide bonds. The van der Waals surface area contributed by atoms with E-state index in [4.69, 9.17) is 0 Å². The molecule has 1 aliphatic rings. The van der Waals surface area contributed by atoms with Crippen LogP contribution in [-0.2, 0) is 0 Å². The lowest BCUT2D eigenvalue weighted by Crippen LogP contribution is -2.22. The van der Waals surface area contributed by atoms with Gasteiger partial charge in [0.05, 0.1) is 11.6 Å². The second-order valence-corrected chi connectivity index (χ2v) is 5.32. The molecule has 0 spiro atoms. The molecule has 1 saturated carbocycles. The monoisotopic (exact) mass is 251 g/mol. The number of pyridine rings is 1. The molecule has 1 heterocycles. The summed E-state index contributed by atoms with van der Waals surface area (Å²) < 4.78 is 0. The van der Waals surface area contributed by atoms with Crippen LogP contribution < -0.4 is 5.32 Å². The summed E-state index contributed by atoms with van der Waals surface area (Å²) in [6, 6.07) is 12.3. The normalized spacial score (nSPS) is 16.2. The Labute approximate surface area is 113 Å². The van der Waals surface area contributed by atoms with Gasteiger partial charge in [-0.05, 0) is 56.0 Å². The van der Waals surface area contributed by atoms with E-state index < -0.39 is 0 Å². The van der Waals surface area contributed by atoms with Crippen LogP contribution in [0.25, 0.3) is 10.9 Å². The van der Waals surface area contributed by atoms with E-state index in [-0.39, 0.29) is 6.04 Å². The van der Waals surface area contributed by atoms with Gasteiger partial charge in [0.15, 0.2) is 0 Å². The molecule has 1 aromatic heterocycles. The van der Waals surface area contributed by atoms with Crippen molar-refractivity contribution in [3.05, 3.63) is 41.6 Å². The van der Waals surface area contributed by atoms with E-state index in [1.807, 2.05) is 25.1 Å². The van der Waals surface area contributed by atoms with Crippen LogP contribution in [0, 0.1) is 24.2 Å². The zero-order chi connectivity index (χ0) is 13.2. The van der Waals surface area contributed by atoms with E-state index in [9.17, 15) is 5.26 Å². The molecule has 3 heteroatoms. The third-order valence-corrected chi connectivity index (χ3v) is 3.62. The summed E-state index contributed by atoms with van der Waals surface area (Å²) in [6.45, 7) is 2.94. The number of hydrogen-bond donors (Lipinski definition) is 1. The summed E-state index contributed by atoms with van der Waals surface area (Å²) in [5.74, 6) is 0.778. The number of aromatic nitrogens is 1. The Kier molecular flexibility index (Phi) is 3.18. The van der Waals surface area contributed by atoms with Crippen molar-refractivity contribution in [3.8, 4) is 6.07 Å². The molecule has 1 aromatic carbocycles. The van der Waals surface area contributed by atoms with Crippen molar-refractivity contribution in [1.29, 1.82) is 5.26 Å². The third-order valence-electron chi connectivity index (χ3n) is 3.62. The molecule has 1 N–H and O–H groups in total. The number of nitriles is 1. The fourth-order valence-electron chi connectivity index (χ4n) is 2.27. The van der Waals surface area contributed by atoms with Crippen molar-refractivity contribution < 1.29 is 0 Å². The van der Waals surface area contributed by atoms with Crippen molar-refractivity contribution >= 4 is 10.9 Å². The topological polar surface area (TPSA) is 48.7 Å². The summed E-state index contributed by atoms with van der Waals surface area (Å²) in [7, 11) is 0. The number of aryl methyl sites for hydroxylation is 1. The fraction of sp³-hybridized carbons (Fsp3) is 0.375. The summed E-state index contributed by atoms with van der Waals surface area (Å²) in [5, 5.41) is 13.7. The maximum absolute atomic E-state index is 9.30. The molecule has 3 nitrogen and oxygen atoms in total. The minimum atomic E-state index is -0.216. The number of nitrogens with zero attached hydrogens (tertiary/aromatic N) is 2. The van der Waals surface area contributed by atoms with Crippen molar-refractivity contribution in [2.75, 3.05) is 6.54 Å². The molecule has 1 fully saturated rings. The van der Waals surface area contributed by atoms with E-state index in [0.29, 0.717) is 0 Å². The molecule has 2 aromatic rings. The summed E-state index contributed by atoms with van der Waals surface area (Å²) in [6.07, 6.45) is 2.60. The van der Waals surface area contributed by atoms with Gasteiger partial charge in [-0.1, -0.05) is 12.1 Å². The maximum atomic E-state index is 9.30. The molecule has 19 heavy (non-hydrogen) atoms. The van der Waals surface area contributed by atoms with E-state index in [1.54, 1.807) is 0 Å². The molecule has 1 aliphatic carbocycles. The van der Waals surface area contributed by atoms with Gasteiger partial charge in [-0.15, -0.1) is 0 Å². The second kappa shape index (κ2) is 4.99. The van der Waals surface area contributed by atoms with Crippen LogP contribution in [-0.4, -0.2) is 11.5 Å². The smallest absolute Gasteiger partial charge is 0.121 e. The quantitative estimate of drug-likeness (QED) is 0.908. The molecule has 0 saturated heterocycles. The van der Waals surface area contributed by atoms with E-state index >= 15 is 0 Å². The minimum Gasteiger partial charge on any atom is -0.298 e. The number of benzene rings is 1. The molecule has 3 rings (SSSR count). The standard InChI is InChI=1S/C16H17N3/c1-11-2-5-13-8-14(6-7-15(13)19-11)16(9-17)18-10-12-3-4-12/h2,5-8,12,16,18H,3-4,10H2,1H3.